The summed E-state index contributed by atoms with van der Waals surface area (Å²) in [6, 6.07) is 10.9. The minimum absolute atomic E-state index is 0.268. The number of methoxy groups -OCH3 is 1. The van der Waals surface area contributed by atoms with Gasteiger partial charge in [-0.3, -0.25) is 9.48 Å². The summed E-state index contributed by atoms with van der Waals surface area (Å²) in [6.45, 7) is 4.39. The minimum Gasteiger partial charge on any atom is -0.497 e. The van der Waals surface area contributed by atoms with Gasteiger partial charge in [-0.25, -0.2) is 4.68 Å². The van der Waals surface area contributed by atoms with Gasteiger partial charge in [-0.05, 0) is 38.1 Å². The first-order valence-electron chi connectivity index (χ1n) is 7.55. The van der Waals surface area contributed by atoms with E-state index in [4.69, 9.17) is 4.74 Å². The maximum atomic E-state index is 12.3. The molecule has 24 heavy (non-hydrogen) atoms. The van der Waals surface area contributed by atoms with Gasteiger partial charge in [-0.2, -0.15) is 10.2 Å². The van der Waals surface area contributed by atoms with Gasteiger partial charge in [0.1, 0.15) is 12.4 Å². The molecule has 1 amide bonds. The molecule has 0 aliphatic carbocycles. The summed E-state index contributed by atoms with van der Waals surface area (Å²) in [5.74, 6) is 0.415. The third-order valence-corrected chi connectivity index (χ3v) is 3.58. The van der Waals surface area contributed by atoms with E-state index >= 15 is 0 Å². The monoisotopic (exact) mass is 325 g/mol. The third-order valence-electron chi connectivity index (χ3n) is 3.58. The Hall–Kier alpha value is -3.09. The normalized spacial score (nSPS) is 10.6. The summed E-state index contributed by atoms with van der Waals surface area (Å²) in [5.41, 5.74) is 3.01. The number of benzene rings is 1. The van der Waals surface area contributed by atoms with Crippen LogP contribution in [0.2, 0.25) is 0 Å². The van der Waals surface area contributed by atoms with E-state index < -0.39 is 0 Å². The molecule has 0 atom stereocenters. The number of rotatable bonds is 5. The average Bonchev–Trinajstić information content (AvgIpc) is 3.14. The number of hydrogen-bond acceptors (Lipinski definition) is 4. The lowest BCUT2D eigenvalue weighted by molar-refractivity contribution is 0.102. The molecule has 0 radical (unpaired) electrons. The molecular formula is C17H19N5O2. The van der Waals surface area contributed by atoms with Crippen LogP contribution in [0.1, 0.15) is 21.9 Å². The highest BCUT2D eigenvalue weighted by atomic mass is 16.5. The Labute approximate surface area is 139 Å². The molecule has 0 saturated heterocycles. The van der Waals surface area contributed by atoms with Crippen molar-refractivity contribution >= 4 is 11.6 Å². The topological polar surface area (TPSA) is 74.0 Å². The second kappa shape index (κ2) is 6.57. The van der Waals surface area contributed by atoms with Gasteiger partial charge in [0.25, 0.3) is 5.91 Å². The van der Waals surface area contributed by atoms with Crippen LogP contribution in [-0.4, -0.2) is 32.6 Å². The van der Waals surface area contributed by atoms with Crippen LogP contribution in [0.5, 0.6) is 5.75 Å². The molecule has 3 rings (SSSR count). The average molecular weight is 325 g/mol. The molecule has 7 nitrogen and oxygen atoms in total. The van der Waals surface area contributed by atoms with Crippen LogP contribution in [0, 0.1) is 13.8 Å². The van der Waals surface area contributed by atoms with Crippen molar-refractivity contribution in [3.8, 4) is 5.75 Å². The highest BCUT2D eigenvalue weighted by Gasteiger charge is 2.11. The molecule has 0 bridgehead atoms. The summed E-state index contributed by atoms with van der Waals surface area (Å²) >= 11 is 0. The van der Waals surface area contributed by atoms with Crippen LogP contribution in [0.3, 0.4) is 0 Å². The Balaban J connectivity index is 1.70. The van der Waals surface area contributed by atoms with E-state index in [1.807, 2.05) is 36.7 Å². The quantitative estimate of drug-likeness (QED) is 0.782. The number of nitrogens with one attached hydrogen (secondary N) is 1. The largest absolute Gasteiger partial charge is 0.497 e. The van der Waals surface area contributed by atoms with Gasteiger partial charge < -0.3 is 10.1 Å². The molecule has 0 unspecified atom stereocenters. The van der Waals surface area contributed by atoms with E-state index in [0.717, 1.165) is 11.4 Å². The predicted octanol–water partition coefficient (Wildman–Crippen LogP) is 2.46. The zero-order valence-corrected chi connectivity index (χ0v) is 13.9. The van der Waals surface area contributed by atoms with Crippen molar-refractivity contribution in [1.29, 1.82) is 0 Å². The summed E-state index contributed by atoms with van der Waals surface area (Å²) in [4.78, 5) is 12.3. The van der Waals surface area contributed by atoms with Gasteiger partial charge in [0.2, 0.25) is 0 Å². The molecule has 2 aromatic heterocycles. The zero-order valence-electron chi connectivity index (χ0n) is 13.9. The molecule has 0 fully saturated rings. The third kappa shape index (κ3) is 3.45. The number of aryl methyl sites for hydroxylation is 2. The fraction of sp³-hybridized carbons (Fsp3) is 0.235. The van der Waals surface area contributed by atoms with Crippen LogP contribution in [0.25, 0.3) is 0 Å². The van der Waals surface area contributed by atoms with Crippen molar-refractivity contribution in [2.75, 3.05) is 12.4 Å². The number of nitrogens with zero attached hydrogens (tertiary/aromatic N) is 4. The van der Waals surface area contributed by atoms with Gasteiger partial charge in [0.15, 0.2) is 5.69 Å². The smallest absolute Gasteiger partial charge is 0.276 e. The molecule has 2 heterocycles. The van der Waals surface area contributed by atoms with Gasteiger partial charge in [-0.1, -0.05) is 6.07 Å². The Kier molecular flexibility index (Phi) is 4.33. The fourth-order valence-electron chi connectivity index (χ4n) is 2.41. The number of carbonyl (C=O) groups is 1. The number of amides is 1. The number of anilines is 1. The van der Waals surface area contributed by atoms with Crippen molar-refractivity contribution in [1.82, 2.24) is 19.6 Å². The lowest BCUT2D eigenvalue weighted by Gasteiger charge is -2.06. The van der Waals surface area contributed by atoms with E-state index in [-0.39, 0.29) is 5.91 Å². The van der Waals surface area contributed by atoms with Gasteiger partial charge >= 0.3 is 0 Å². The van der Waals surface area contributed by atoms with E-state index in [1.54, 1.807) is 36.2 Å². The van der Waals surface area contributed by atoms with Gasteiger partial charge in [0.05, 0.1) is 12.8 Å². The molecule has 0 aliphatic heterocycles. The maximum Gasteiger partial charge on any atom is 0.276 e. The summed E-state index contributed by atoms with van der Waals surface area (Å²) in [6.07, 6.45) is 1.76. The predicted molar refractivity (Wildman–Crippen MR) is 90.3 cm³/mol. The minimum atomic E-state index is -0.268. The Morgan fingerprint density at radius 3 is 2.75 bits per heavy atom. The second-order valence-electron chi connectivity index (χ2n) is 5.49. The summed E-state index contributed by atoms with van der Waals surface area (Å²) in [7, 11) is 1.58. The van der Waals surface area contributed by atoms with Crippen molar-refractivity contribution in [3.05, 3.63) is 59.7 Å². The fourth-order valence-corrected chi connectivity index (χ4v) is 2.41. The summed E-state index contributed by atoms with van der Waals surface area (Å²) in [5, 5.41) is 11.5. The van der Waals surface area contributed by atoms with Crippen LogP contribution in [-0.2, 0) is 6.67 Å². The Morgan fingerprint density at radius 2 is 2.04 bits per heavy atom. The molecule has 1 aromatic carbocycles. The molecule has 0 aliphatic rings. The van der Waals surface area contributed by atoms with Crippen LogP contribution >= 0.6 is 0 Å². The highest BCUT2D eigenvalue weighted by Crippen LogP contribution is 2.17. The molecule has 7 heteroatoms. The first-order valence-corrected chi connectivity index (χ1v) is 7.55. The van der Waals surface area contributed by atoms with E-state index in [9.17, 15) is 4.79 Å². The lowest BCUT2D eigenvalue weighted by Crippen LogP contribution is -2.15. The SMILES string of the molecule is COc1cccc(NC(=O)c2ccn(Cn3nc(C)cc3C)n2)c1. The molecule has 0 saturated carbocycles. The first kappa shape index (κ1) is 15.8. The number of hydrogen-bond donors (Lipinski definition) is 1. The van der Waals surface area contributed by atoms with Gasteiger partial charge in [-0.15, -0.1) is 0 Å². The van der Waals surface area contributed by atoms with E-state index in [1.165, 1.54) is 0 Å². The number of aromatic nitrogens is 4. The second-order valence-corrected chi connectivity index (χ2v) is 5.49. The Morgan fingerprint density at radius 1 is 1.21 bits per heavy atom. The van der Waals surface area contributed by atoms with E-state index in [2.05, 4.69) is 15.5 Å². The van der Waals surface area contributed by atoms with Crippen LogP contribution in [0.4, 0.5) is 5.69 Å². The Bertz CT molecular complexity index is 866. The standard InChI is InChI=1S/C17H19N5O2/c1-12-9-13(2)22(19-12)11-21-8-7-16(20-21)17(23)18-14-5-4-6-15(10-14)24-3/h4-10H,11H2,1-3H3,(H,18,23). The maximum absolute atomic E-state index is 12.3. The van der Waals surface area contributed by atoms with Crippen molar-refractivity contribution in [2.24, 2.45) is 0 Å². The van der Waals surface area contributed by atoms with E-state index in [0.29, 0.717) is 23.8 Å². The zero-order chi connectivity index (χ0) is 17.1. The molecule has 3 aromatic rings. The first-order chi connectivity index (χ1) is 11.5. The van der Waals surface area contributed by atoms with Gasteiger partial charge in [0, 0.05) is 23.6 Å². The number of carbonyl (C=O) groups excluding carboxylic acids is 1. The summed E-state index contributed by atoms with van der Waals surface area (Å²) < 4.78 is 8.66. The lowest BCUT2D eigenvalue weighted by atomic mass is 10.3. The van der Waals surface area contributed by atoms with Crippen molar-refractivity contribution in [2.45, 2.75) is 20.5 Å². The molecule has 1 N–H and O–H groups in total. The molecule has 124 valence electrons. The highest BCUT2D eigenvalue weighted by molar-refractivity contribution is 6.02. The van der Waals surface area contributed by atoms with Crippen LogP contribution < -0.4 is 10.1 Å². The molecule has 0 spiro atoms. The van der Waals surface area contributed by atoms with Crippen molar-refractivity contribution in [3.63, 3.8) is 0 Å². The number of ether oxygens (including phenoxy) is 1. The van der Waals surface area contributed by atoms with Crippen LogP contribution in [0.15, 0.2) is 42.6 Å². The molecular weight excluding hydrogens is 306 g/mol. The van der Waals surface area contributed by atoms with Crippen molar-refractivity contribution < 1.29 is 9.53 Å².